The molecule has 1 rings (SSSR count). The van der Waals surface area contributed by atoms with E-state index in [1.807, 2.05) is 0 Å². The first-order chi connectivity index (χ1) is 7.53. The van der Waals surface area contributed by atoms with Crippen LogP contribution in [0.1, 0.15) is 46.0 Å². The van der Waals surface area contributed by atoms with Crippen LogP contribution in [0.25, 0.3) is 0 Å². The van der Waals surface area contributed by atoms with Crippen LogP contribution in [0.4, 0.5) is 4.79 Å². The Balaban J connectivity index is 2.13. The minimum Gasteiger partial charge on any atom is -0.338 e. The Bertz CT molecular complexity index is 224. The molecule has 1 fully saturated rings. The molecule has 0 spiro atoms. The molecule has 0 unspecified atom stereocenters. The highest BCUT2D eigenvalue weighted by Gasteiger charge is 2.21. The van der Waals surface area contributed by atoms with Crippen molar-refractivity contribution in [2.24, 2.45) is 11.1 Å². The highest BCUT2D eigenvalue weighted by molar-refractivity contribution is 5.74. The van der Waals surface area contributed by atoms with Gasteiger partial charge in [-0.05, 0) is 44.1 Å². The summed E-state index contributed by atoms with van der Waals surface area (Å²) >= 11 is 0. The van der Waals surface area contributed by atoms with Crippen molar-refractivity contribution in [1.29, 1.82) is 0 Å². The molecule has 1 aliphatic rings. The van der Waals surface area contributed by atoms with E-state index in [2.05, 4.69) is 24.5 Å². The molecule has 0 atom stereocenters. The maximum Gasteiger partial charge on any atom is 0.315 e. The summed E-state index contributed by atoms with van der Waals surface area (Å²) in [5, 5.41) is 5.91. The van der Waals surface area contributed by atoms with Crippen LogP contribution in [0.3, 0.4) is 0 Å². The summed E-state index contributed by atoms with van der Waals surface area (Å²) in [4.78, 5) is 11.5. The van der Waals surface area contributed by atoms with Gasteiger partial charge in [-0.25, -0.2) is 4.79 Å². The molecule has 0 aliphatic heterocycles. The van der Waals surface area contributed by atoms with Gasteiger partial charge < -0.3 is 16.4 Å². The summed E-state index contributed by atoms with van der Waals surface area (Å²) < 4.78 is 0. The van der Waals surface area contributed by atoms with Gasteiger partial charge in [0.25, 0.3) is 0 Å². The Morgan fingerprint density at radius 2 is 2.12 bits per heavy atom. The number of rotatable bonds is 6. The second-order valence-electron chi connectivity index (χ2n) is 5.51. The van der Waals surface area contributed by atoms with Crippen molar-refractivity contribution in [3.8, 4) is 0 Å². The predicted molar refractivity (Wildman–Crippen MR) is 66.2 cm³/mol. The Kier molecular flexibility index (Phi) is 5.06. The van der Waals surface area contributed by atoms with E-state index in [0.29, 0.717) is 12.6 Å². The molecule has 0 heterocycles. The summed E-state index contributed by atoms with van der Waals surface area (Å²) in [6.07, 6.45) is 5.56. The van der Waals surface area contributed by atoms with Crippen molar-refractivity contribution >= 4 is 6.03 Å². The van der Waals surface area contributed by atoms with Crippen molar-refractivity contribution in [1.82, 2.24) is 10.6 Å². The third-order valence-corrected chi connectivity index (χ3v) is 3.23. The number of hydrogen-bond donors (Lipinski definition) is 3. The van der Waals surface area contributed by atoms with Gasteiger partial charge >= 0.3 is 6.03 Å². The van der Waals surface area contributed by atoms with Crippen LogP contribution in [0.5, 0.6) is 0 Å². The number of hydrogen-bond acceptors (Lipinski definition) is 2. The van der Waals surface area contributed by atoms with E-state index < -0.39 is 0 Å². The first-order valence-corrected chi connectivity index (χ1v) is 6.28. The molecular formula is C12H25N3O. The van der Waals surface area contributed by atoms with Gasteiger partial charge in [0.15, 0.2) is 0 Å². The molecule has 4 nitrogen and oxygen atoms in total. The van der Waals surface area contributed by atoms with Crippen molar-refractivity contribution in [3.63, 3.8) is 0 Å². The molecule has 1 aliphatic carbocycles. The van der Waals surface area contributed by atoms with Crippen molar-refractivity contribution in [2.75, 3.05) is 13.1 Å². The summed E-state index contributed by atoms with van der Waals surface area (Å²) in [5.41, 5.74) is 5.62. The monoisotopic (exact) mass is 227 g/mol. The summed E-state index contributed by atoms with van der Waals surface area (Å²) in [5.74, 6) is 0. The number of nitrogens with two attached hydrogens (primary N) is 1. The van der Waals surface area contributed by atoms with Crippen molar-refractivity contribution < 1.29 is 4.79 Å². The number of urea groups is 1. The Morgan fingerprint density at radius 1 is 1.44 bits per heavy atom. The van der Waals surface area contributed by atoms with Gasteiger partial charge in [-0.15, -0.1) is 0 Å². The molecule has 1 saturated carbocycles. The minimum absolute atomic E-state index is 0.0227. The van der Waals surface area contributed by atoms with Gasteiger partial charge in [-0.1, -0.05) is 13.8 Å². The Hall–Kier alpha value is -0.770. The van der Waals surface area contributed by atoms with E-state index in [1.165, 1.54) is 6.42 Å². The predicted octanol–water partition coefficient (Wildman–Crippen LogP) is 1.60. The Labute approximate surface area is 98.3 Å². The second kappa shape index (κ2) is 6.09. The number of carbonyl (C=O) groups is 1. The quantitative estimate of drug-likeness (QED) is 0.645. The van der Waals surface area contributed by atoms with Crippen LogP contribution in [0.2, 0.25) is 0 Å². The summed E-state index contributed by atoms with van der Waals surface area (Å²) in [6.45, 7) is 5.75. The maximum absolute atomic E-state index is 11.5. The number of carbonyl (C=O) groups excluding carboxylic acids is 1. The van der Waals surface area contributed by atoms with Crippen molar-refractivity contribution in [3.05, 3.63) is 0 Å². The minimum atomic E-state index is -0.0227. The Morgan fingerprint density at radius 3 is 2.62 bits per heavy atom. The van der Waals surface area contributed by atoms with E-state index in [-0.39, 0.29) is 11.4 Å². The lowest BCUT2D eigenvalue weighted by atomic mass is 9.88. The average Bonchev–Trinajstić information content (AvgIpc) is 2.18. The lowest BCUT2D eigenvalue weighted by molar-refractivity contribution is 0.220. The molecule has 0 aromatic rings. The molecule has 94 valence electrons. The van der Waals surface area contributed by atoms with Crippen LogP contribution in [0.15, 0.2) is 0 Å². The van der Waals surface area contributed by atoms with E-state index >= 15 is 0 Å². The van der Waals surface area contributed by atoms with E-state index in [0.717, 1.165) is 32.2 Å². The lowest BCUT2D eigenvalue weighted by Crippen LogP contribution is -2.47. The normalized spacial score (nSPS) is 16.7. The number of nitrogens with one attached hydrogen (secondary N) is 2. The molecular weight excluding hydrogens is 202 g/mol. The molecule has 0 radical (unpaired) electrons. The van der Waals surface area contributed by atoms with Gasteiger partial charge in [-0.2, -0.15) is 0 Å². The van der Waals surface area contributed by atoms with Gasteiger partial charge in [0, 0.05) is 12.6 Å². The van der Waals surface area contributed by atoms with Crippen LogP contribution >= 0.6 is 0 Å². The fraction of sp³-hybridized carbons (Fsp3) is 0.917. The van der Waals surface area contributed by atoms with Crippen LogP contribution < -0.4 is 16.4 Å². The second-order valence-corrected chi connectivity index (χ2v) is 5.51. The number of amides is 2. The van der Waals surface area contributed by atoms with Crippen LogP contribution in [-0.2, 0) is 0 Å². The molecule has 4 heteroatoms. The molecule has 0 saturated heterocycles. The summed E-state index contributed by atoms with van der Waals surface area (Å²) in [6, 6.07) is 0.387. The first-order valence-electron chi connectivity index (χ1n) is 6.28. The van der Waals surface area contributed by atoms with Gasteiger partial charge in [0.05, 0.1) is 0 Å². The zero-order valence-corrected chi connectivity index (χ0v) is 10.5. The first kappa shape index (κ1) is 13.3. The molecule has 0 bridgehead atoms. The molecule has 0 aromatic carbocycles. The standard InChI is InChI=1S/C12H25N3O/c1-12(2,7-4-8-13)9-14-11(16)15-10-5-3-6-10/h10H,3-9,13H2,1-2H3,(H2,14,15,16). The fourth-order valence-electron chi connectivity index (χ4n) is 1.78. The van der Waals surface area contributed by atoms with Crippen LogP contribution in [-0.4, -0.2) is 25.2 Å². The van der Waals surface area contributed by atoms with E-state index in [9.17, 15) is 4.79 Å². The molecule has 2 amide bonds. The zero-order chi connectivity index (χ0) is 12.0. The van der Waals surface area contributed by atoms with Crippen molar-refractivity contribution in [2.45, 2.75) is 52.0 Å². The SMILES string of the molecule is CC(C)(CCCN)CNC(=O)NC1CCC1. The topological polar surface area (TPSA) is 67.1 Å². The smallest absolute Gasteiger partial charge is 0.315 e. The summed E-state index contributed by atoms with van der Waals surface area (Å²) in [7, 11) is 0. The highest BCUT2D eigenvalue weighted by atomic mass is 16.2. The zero-order valence-electron chi connectivity index (χ0n) is 10.5. The van der Waals surface area contributed by atoms with Gasteiger partial charge in [0.1, 0.15) is 0 Å². The van der Waals surface area contributed by atoms with Gasteiger partial charge in [0.2, 0.25) is 0 Å². The van der Waals surface area contributed by atoms with E-state index in [4.69, 9.17) is 5.73 Å². The van der Waals surface area contributed by atoms with E-state index in [1.54, 1.807) is 0 Å². The van der Waals surface area contributed by atoms with Gasteiger partial charge in [-0.3, -0.25) is 0 Å². The third-order valence-electron chi connectivity index (χ3n) is 3.23. The molecule has 16 heavy (non-hydrogen) atoms. The molecule has 0 aromatic heterocycles. The third kappa shape index (κ3) is 4.84. The maximum atomic E-state index is 11.5. The highest BCUT2D eigenvalue weighted by Crippen LogP contribution is 2.21. The fourth-order valence-corrected chi connectivity index (χ4v) is 1.78. The lowest BCUT2D eigenvalue weighted by Gasteiger charge is -2.29. The average molecular weight is 227 g/mol. The molecule has 4 N–H and O–H groups in total. The van der Waals surface area contributed by atoms with Crippen LogP contribution in [0, 0.1) is 5.41 Å². The largest absolute Gasteiger partial charge is 0.338 e.